The van der Waals surface area contributed by atoms with Crippen LogP contribution < -0.4 is 15.0 Å². The van der Waals surface area contributed by atoms with E-state index in [4.69, 9.17) is 4.74 Å². The summed E-state index contributed by atoms with van der Waals surface area (Å²) >= 11 is 0. The van der Waals surface area contributed by atoms with Gasteiger partial charge in [-0.05, 0) is 54.5 Å². The fourth-order valence-corrected chi connectivity index (χ4v) is 4.99. The number of likely N-dealkylation sites (tertiary alicyclic amines) is 1. The number of para-hydroxylation sites is 1. The van der Waals surface area contributed by atoms with Gasteiger partial charge in [-0.25, -0.2) is 0 Å². The Hall–Kier alpha value is -2.29. The number of carbonyl (C=O) groups is 1. The first-order chi connectivity index (χ1) is 16.1. The number of nitrogens with zero attached hydrogens (tertiary/aromatic N) is 3. The highest BCUT2D eigenvalue weighted by atomic mass is 127. The molecule has 34 heavy (non-hydrogen) atoms. The fourth-order valence-electron chi connectivity index (χ4n) is 4.99. The summed E-state index contributed by atoms with van der Waals surface area (Å²) in [5.74, 6) is 2.97. The van der Waals surface area contributed by atoms with Gasteiger partial charge in [-0.15, -0.1) is 24.0 Å². The van der Waals surface area contributed by atoms with Crippen LogP contribution in [0, 0.1) is 0 Å². The molecule has 2 aliphatic heterocycles. The number of aliphatic imine (C=N–C) groups is 1. The first-order valence-corrected chi connectivity index (χ1v) is 12.1. The minimum absolute atomic E-state index is 0. The summed E-state index contributed by atoms with van der Waals surface area (Å²) in [5.41, 5.74) is 3.90. The van der Waals surface area contributed by atoms with Crippen molar-refractivity contribution in [3.05, 3.63) is 59.7 Å². The Morgan fingerprint density at radius 3 is 2.65 bits per heavy atom. The van der Waals surface area contributed by atoms with Crippen LogP contribution in [0.5, 0.6) is 5.75 Å². The van der Waals surface area contributed by atoms with Gasteiger partial charge in [-0.3, -0.25) is 9.79 Å². The van der Waals surface area contributed by atoms with Gasteiger partial charge in [0.05, 0.1) is 7.11 Å². The molecule has 0 spiro atoms. The predicted octanol–water partition coefficient (Wildman–Crippen LogP) is 5.00. The Morgan fingerprint density at radius 1 is 1.21 bits per heavy atom. The number of amides is 1. The Morgan fingerprint density at radius 2 is 1.97 bits per heavy atom. The molecule has 2 aliphatic rings. The van der Waals surface area contributed by atoms with E-state index in [1.54, 1.807) is 7.11 Å². The predicted molar refractivity (Wildman–Crippen MR) is 150 cm³/mol. The molecule has 2 aromatic carbocycles. The molecule has 0 radical (unpaired) electrons. The maximum atomic E-state index is 12.0. The van der Waals surface area contributed by atoms with E-state index in [1.807, 2.05) is 24.1 Å². The number of anilines is 1. The zero-order chi connectivity index (χ0) is 23.2. The normalized spacial score (nSPS) is 18.5. The zero-order valence-electron chi connectivity index (χ0n) is 20.5. The second kappa shape index (κ2) is 12.4. The lowest BCUT2D eigenvalue weighted by Gasteiger charge is -2.24. The van der Waals surface area contributed by atoms with Crippen molar-refractivity contribution in [3.63, 3.8) is 0 Å². The molecule has 184 valence electrons. The van der Waals surface area contributed by atoms with Crippen LogP contribution in [0.2, 0.25) is 0 Å². The van der Waals surface area contributed by atoms with Crippen molar-refractivity contribution in [2.24, 2.45) is 4.99 Å². The maximum absolute atomic E-state index is 12.0. The average Bonchev–Trinajstić information content (AvgIpc) is 3.43. The second-order valence-corrected chi connectivity index (χ2v) is 9.08. The SMILES string of the molecule is CN=C(NCCC(C)c1ccc(OC)cc1)N1CC(CCN2CCCC2=O)c2ccccc21.I. The van der Waals surface area contributed by atoms with E-state index in [9.17, 15) is 4.79 Å². The van der Waals surface area contributed by atoms with Gasteiger partial charge in [0.2, 0.25) is 5.91 Å². The summed E-state index contributed by atoms with van der Waals surface area (Å²) in [5, 5.41) is 3.59. The van der Waals surface area contributed by atoms with E-state index in [-0.39, 0.29) is 24.0 Å². The third kappa shape index (κ3) is 6.03. The van der Waals surface area contributed by atoms with Gasteiger partial charge in [0.15, 0.2) is 5.96 Å². The monoisotopic (exact) mass is 576 g/mol. The standard InChI is InChI=1S/C27H36N4O2.HI/c1-20(21-10-12-23(33-3)13-11-21)14-16-29-27(28-2)31-19-22(24-7-4-5-8-25(24)31)15-18-30-17-6-9-26(30)32;/h4-5,7-8,10-13,20,22H,6,9,14-19H2,1-3H3,(H,28,29);1H. The molecule has 4 rings (SSSR count). The summed E-state index contributed by atoms with van der Waals surface area (Å²) in [6.45, 7) is 5.76. The third-order valence-electron chi connectivity index (χ3n) is 7.00. The molecule has 2 heterocycles. The molecule has 0 saturated carbocycles. The number of ether oxygens (including phenoxy) is 1. The number of hydrogen-bond acceptors (Lipinski definition) is 3. The number of halogens is 1. The van der Waals surface area contributed by atoms with E-state index >= 15 is 0 Å². The third-order valence-corrected chi connectivity index (χ3v) is 7.00. The highest BCUT2D eigenvalue weighted by Crippen LogP contribution is 2.38. The van der Waals surface area contributed by atoms with Gasteiger partial charge in [-0.2, -0.15) is 0 Å². The topological polar surface area (TPSA) is 57.2 Å². The van der Waals surface area contributed by atoms with Gasteiger partial charge >= 0.3 is 0 Å². The van der Waals surface area contributed by atoms with E-state index in [2.05, 4.69) is 58.5 Å². The highest BCUT2D eigenvalue weighted by molar-refractivity contribution is 14.0. The first-order valence-electron chi connectivity index (χ1n) is 12.1. The lowest BCUT2D eigenvalue weighted by atomic mass is 9.98. The van der Waals surface area contributed by atoms with Crippen molar-refractivity contribution in [2.75, 3.05) is 45.2 Å². The van der Waals surface area contributed by atoms with Crippen molar-refractivity contribution in [1.82, 2.24) is 10.2 Å². The molecule has 2 unspecified atom stereocenters. The quantitative estimate of drug-likeness (QED) is 0.273. The van der Waals surface area contributed by atoms with Gasteiger partial charge < -0.3 is 19.9 Å². The molecule has 6 nitrogen and oxygen atoms in total. The van der Waals surface area contributed by atoms with Crippen LogP contribution in [0.3, 0.4) is 0 Å². The van der Waals surface area contributed by atoms with Crippen LogP contribution in [0.25, 0.3) is 0 Å². The van der Waals surface area contributed by atoms with E-state index in [0.717, 1.165) is 57.2 Å². The molecule has 7 heteroatoms. The number of benzene rings is 2. The average molecular weight is 577 g/mol. The Balaban J connectivity index is 0.00000324. The molecular weight excluding hydrogens is 539 g/mol. The Kier molecular flexibility index (Phi) is 9.62. The number of nitrogens with one attached hydrogen (secondary N) is 1. The fraction of sp³-hybridized carbons (Fsp3) is 0.481. The van der Waals surface area contributed by atoms with Crippen molar-refractivity contribution in [2.45, 2.75) is 44.4 Å². The van der Waals surface area contributed by atoms with Crippen molar-refractivity contribution in [1.29, 1.82) is 0 Å². The maximum Gasteiger partial charge on any atom is 0.222 e. The zero-order valence-corrected chi connectivity index (χ0v) is 22.8. The molecule has 2 aromatic rings. The molecule has 0 aromatic heterocycles. The van der Waals surface area contributed by atoms with Crippen molar-refractivity contribution in [3.8, 4) is 5.75 Å². The highest BCUT2D eigenvalue weighted by Gasteiger charge is 2.32. The molecule has 1 amide bonds. The molecule has 1 fully saturated rings. The molecule has 0 aliphatic carbocycles. The minimum Gasteiger partial charge on any atom is -0.497 e. The largest absolute Gasteiger partial charge is 0.497 e. The van der Waals surface area contributed by atoms with Gasteiger partial charge in [0, 0.05) is 51.3 Å². The number of hydrogen-bond donors (Lipinski definition) is 1. The molecule has 2 atom stereocenters. The van der Waals surface area contributed by atoms with Crippen LogP contribution >= 0.6 is 24.0 Å². The molecule has 1 N–H and O–H groups in total. The summed E-state index contributed by atoms with van der Waals surface area (Å²) < 4.78 is 5.27. The van der Waals surface area contributed by atoms with Gasteiger partial charge in [-0.1, -0.05) is 37.3 Å². The second-order valence-electron chi connectivity index (χ2n) is 9.08. The summed E-state index contributed by atoms with van der Waals surface area (Å²) in [6, 6.07) is 17.0. The molecular formula is C27H37IN4O2. The van der Waals surface area contributed by atoms with E-state index < -0.39 is 0 Å². The van der Waals surface area contributed by atoms with Crippen LogP contribution in [0.4, 0.5) is 5.69 Å². The number of carbonyl (C=O) groups excluding carboxylic acids is 1. The van der Waals surface area contributed by atoms with Crippen LogP contribution in [0.15, 0.2) is 53.5 Å². The van der Waals surface area contributed by atoms with Gasteiger partial charge in [0.25, 0.3) is 0 Å². The number of methoxy groups -OCH3 is 1. The van der Waals surface area contributed by atoms with E-state index in [0.29, 0.717) is 24.2 Å². The smallest absolute Gasteiger partial charge is 0.222 e. The minimum atomic E-state index is 0. The number of fused-ring (bicyclic) bond motifs is 1. The van der Waals surface area contributed by atoms with Gasteiger partial charge in [0.1, 0.15) is 5.75 Å². The summed E-state index contributed by atoms with van der Waals surface area (Å²) in [4.78, 5) is 21.0. The Labute approximate surface area is 220 Å². The Bertz CT molecular complexity index is 979. The number of rotatable bonds is 8. The van der Waals surface area contributed by atoms with Crippen LogP contribution in [-0.2, 0) is 4.79 Å². The summed E-state index contributed by atoms with van der Waals surface area (Å²) in [7, 11) is 3.55. The summed E-state index contributed by atoms with van der Waals surface area (Å²) in [6.07, 6.45) is 3.71. The lowest BCUT2D eigenvalue weighted by molar-refractivity contribution is -0.127. The van der Waals surface area contributed by atoms with E-state index in [1.165, 1.54) is 16.8 Å². The van der Waals surface area contributed by atoms with Crippen LogP contribution in [-0.4, -0.2) is 57.1 Å². The van der Waals surface area contributed by atoms with Crippen molar-refractivity contribution < 1.29 is 9.53 Å². The number of guanidine groups is 1. The molecule has 0 bridgehead atoms. The van der Waals surface area contributed by atoms with Crippen molar-refractivity contribution >= 4 is 41.5 Å². The van der Waals surface area contributed by atoms with Crippen LogP contribution in [0.1, 0.15) is 55.6 Å². The lowest BCUT2D eigenvalue weighted by Crippen LogP contribution is -2.41. The first kappa shape index (κ1) is 26.3. The molecule has 1 saturated heterocycles.